The molecule has 33 heavy (non-hydrogen) atoms. The Labute approximate surface area is 194 Å². The zero-order valence-electron chi connectivity index (χ0n) is 20.1. The van der Waals surface area contributed by atoms with Crippen LogP contribution in [0, 0.1) is 25.7 Å². The standard InChI is InChI=1S/C25H33N5O3/c1-6-30-20(9-15(2)3)12-22(27-30)24-26-23(28-33-24)18-10-16(4)21(17(5)11-18)7-8-29-13-19(14-29)25(31)32/h10-12,15,19H,6-9,13-14H2,1-5H3,(H,31,32). The first kappa shape index (κ1) is 23.2. The molecular formula is C25H33N5O3. The van der Waals surface area contributed by atoms with E-state index in [1.54, 1.807) is 0 Å². The van der Waals surface area contributed by atoms with E-state index in [1.807, 2.05) is 10.7 Å². The van der Waals surface area contributed by atoms with Gasteiger partial charge >= 0.3 is 5.97 Å². The zero-order chi connectivity index (χ0) is 23.7. The third-order valence-corrected chi connectivity index (χ3v) is 6.36. The molecule has 3 heterocycles. The summed E-state index contributed by atoms with van der Waals surface area (Å²) in [5, 5.41) is 17.9. The number of carboxylic acids is 1. The van der Waals surface area contributed by atoms with Crippen molar-refractivity contribution in [3.8, 4) is 23.0 Å². The van der Waals surface area contributed by atoms with E-state index >= 15 is 0 Å². The molecule has 3 aromatic rings. The molecule has 1 saturated heterocycles. The quantitative estimate of drug-likeness (QED) is 0.525. The monoisotopic (exact) mass is 451 g/mol. The lowest BCUT2D eigenvalue weighted by molar-refractivity contribution is -0.147. The lowest BCUT2D eigenvalue weighted by Gasteiger charge is -2.36. The van der Waals surface area contributed by atoms with E-state index in [4.69, 9.17) is 9.63 Å². The van der Waals surface area contributed by atoms with E-state index in [0.717, 1.165) is 31.5 Å². The predicted octanol–water partition coefficient (Wildman–Crippen LogP) is 3.99. The van der Waals surface area contributed by atoms with Gasteiger partial charge in [-0.05, 0) is 74.4 Å². The molecule has 4 rings (SSSR count). The van der Waals surface area contributed by atoms with Crippen LogP contribution >= 0.6 is 0 Å². The predicted molar refractivity (Wildman–Crippen MR) is 126 cm³/mol. The number of likely N-dealkylation sites (tertiary alicyclic amines) is 1. The fourth-order valence-electron chi connectivity index (χ4n) is 4.56. The van der Waals surface area contributed by atoms with E-state index in [0.29, 0.717) is 36.4 Å². The number of aliphatic carboxylic acids is 1. The van der Waals surface area contributed by atoms with Crippen LogP contribution in [0.2, 0.25) is 0 Å². The largest absolute Gasteiger partial charge is 0.481 e. The maximum absolute atomic E-state index is 11.0. The molecule has 0 aliphatic carbocycles. The van der Waals surface area contributed by atoms with E-state index in [1.165, 1.54) is 22.4 Å². The third-order valence-electron chi connectivity index (χ3n) is 6.36. The molecule has 1 aliphatic heterocycles. The third kappa shape index (κ3) is 5.00. The van der Waals surface area contributed by atoms with Crippen molar-refractivity contribution in [3.05, 3.63) is 40.6 Å². The summed E-state index contributed by atoms with van der Waals surface area (Å²) in [6, 6.07) is 6.25. The second-order valence-corrected chi connectivity index (χ2v) is 9.49. The van der Waals surface area contributed by atoms with Gasteiger partial charge in [0.25, 0.3) is 5.89 Å². The van der Waals surface area contributed by atoms with Crippen LogP contribution in [-0.4, -0.2) is 55.5 Å². The van der Waals surface area contributed by atoms with Crippen LogP contribution in [0.5, 0.6) is 0 Å². The molecule has 0 radical (unpaired) electrons. The molecule has 1 fully saturated rings. The molecular weight excluding hydrogens is 418 g/mol. The number of benzene rings is 1. The molecule has 1 aromatic carbocycles. The van der Waals surface area contributed by atoms with Gasteiger partial charge in [-0.15, -0.1) is 0 Å². The van der Waals surface area contributed by atoms with Crippen molar-refractivity contribution in [3.63, 3.8) is 0 Å². The first-order valence-corrected chi connectivity index (χ1v) is 11.7. The Morgan fingerprint density at radius 3 is 2.52 bits per heavy atom. The molecule has 0 spiro atoms. The van der Waals surface area contributed by atoms with Gasteiger partial charge in [-0.3, -0.25) is 9.48 Å². The van der Waals surface area contributed by atoms with Crippen molar-refractivity contribution in [2.45, 2.75) is 54.0 Å². The highest BCUT2D eigenvalue weighted by atomic mass is 16.5. The van der Waals surface area contributed by atoms with Gasteiger partial charge in [0.2, 0.25) is 5.82 Å². The Morgan fingerprint density at radius 2 is 1.91 bits per heavy atom. The fraction of sp³-hybridized carbons (Fsp3) is 0.520. The molecule has 8 nitrogen and oxygen atoms in total. The summed E-state index contributed by atoms with van der Waals surface area (Å²) in [4.78, 5) is 17.8. The van der Waals surface area contributed by atoms with Crippen molar-refractivity contribution in [2.24, 2.45) is 11.8 Å². The summed E-state index contributed by atoms with van der Waals surface area (Å²) in [6.45, 7) is 13.6. The second kappa shape index (κ2) is 9.47. The SMILES string of the molecule is CCn1nc(-c2nc(-c3cc(C)c(CCN4CC(C(=O)O)C4)c(C)c3)no2)cc1CC(C)C. The van der Waals surface area contributed by atoms with Crippen LogP contribution in [0.4, 0.5) is 0 Å². The maximum atomic E-state index is 11.0. The van der Waals surface area contributed by atoms with Gasteiger partial charge < -0.3 is 14.5 Å². The number of aromatic nitrogens is 4. The van der Waals surface area contributed by atoms with E-state index in [9.17, 15) is 4.79 Å². The van der Waals surface area contributed by atoms with Crippen molar-refractivity contribution in [1.29, 1.82) is 0 Å². The van der Waals surface area contributed by atoms with Gasteiger partial charge in [0.15, 0.2) is 5.69 Å². The van der Waals surface area contributed by atoms with Gasteiger partial charge in [-0.1, -0.05) is 19.0 Å². The summed E-state index contributed by atoms with van der Waals surface area (Å²) in [6.07, 6.45) is 1.85. The van der Waals surface area contributed by atoms with Gasteiger partial charge in [-0.2, -0.15) is 10.1 Å². The van der Waals surface area contributed by atoms with E-state index in [-0.39, 0.29) is 5.92 Å². The minimum atomic E-state index is -0.694. The maximum Gasteiger partial charge on any atom is 0.309 e. The second-order valence-electron chi connectivity index (χ2n) is 9.49. The average Bonchev–Trinajstić information content (AvgIpc) is 3.34. The number of aryl methyl sites for hydroxylation is 3. The summed E-state index contributed by atoms with van der Waals surface area (Å²) in [5.41, 5.74) is 6.47. The van der Waals surface area contributed by atoms with Crippen LogP contribution in [0.25, 0.3) is 23.0 Å². The number of carboxylic acid groups (broad SMARTS) is 1. The van der Waals surface area contributed by atoms with Crippen LogP contribution in [-0.2, 0) is 24.2 Å². The molecule has 0 bridgehead atoms. The molecule has 0 unspecified atom stereocenters. The lowest BCUT2D eigenvalue weighted by atomic mass is 9.94. The molecule has 0 amide bonds. The van der Waals surface area contributed by atoms with Crippen molar-refractivity contribution in [2.75, 3.05) is 19.6 Å². The van der Waals surface area contributed by atoms with Crippen molar-refractivity contribution in [1.82, 2.24) is 24.8 Å². The number of nitrogens with zero attached hydrogens (tertiary/aromatic N) is 5. The molecule has 1 N–H and O–H groups in total. The molecule has 8 heteroatoms. The first-order chi connectivity index (χ1) is 15.7. The topological polar surface area (TPSA) is 97.3 Å². The molecule has 176 valence electrons. The summed E-state index contributed by atoms with van der Waals surface area (Å²) >= 11 is 0. The highest BCUT2D eigenvalue weighted by Crippen LogP contribution is 2.27. The Balaban J connectivity index is 1.48. The van der Waals surface area contributed by atoms with Gasteiger partial charge in [0.1, 0.15) is 0 Å². The van der Waals surface area contributed by atoms with Crippen molar-refractivity contribution >= 4 is 5.97 Å². The number of hydrogen-bond acceptors (Lipinski definition) is 6. The van der Waals surface area contributed by atoms with Gasteiger partial charge in [0, 0.05) is 37.4 Å². The Morgan fingerprint density at radius 1 is 1.21 bits per heavy atom. The number of hydrogen-bond donors (Lipinski definition) is 1. The van der Waals surface area contributed by atoms with Gasteiger partial charge in [-0.25, -0.2) is 0 Å². The lowest BCUT2D eigenvalue weighted by Crippen LogP contribution is -2.50. The highest BCUT2D eigenvalue weighted by molar-refractivity contribution is 5.71. The summed E-state index contributed by atoms with van der Waals surface area (Å²) in [5.74, 6) is 0.632. The molecule has 2 aromatic heterocycles. The molecule has 0 saturated carbocycles. The molecule has 1 aliphatic rings. The Hall–Kier alpha value is -3.00. The van der Waals surface area contributed by atoms with Crippen LogP contribution in [0.3, 0.4) is 0 Å². The van der Waals surface area contributed by atoms with E-state index < -0.39 is 5.97 Å². The number of carbonyl (C=O) groups is 1. The zero-order valence-corrected chi connectivity index (χ0v) is 20.1. The Kier molecular flexibility index (Phi) is 6.65. The number of rotatable bonds is 9. The smallest absolute Gasteiger partial charge is 0.309 e. The first-order valence-electron chi connectivity index (χ1n) is 11.7. The van der Waals surface area contributed by atoms with Crippen LogP contribution in [0.15, 0.2) is 22.7 Å². The summed E-state index contributed by atoms with van der Waals surface area (Å²) in [7, 11) is 0. The minimum Gasteiger partial charge on any atom is -0.481 e. The average molecular weight is 452 g/mol. The Bertz CT molecular complexity index is 1120. The fourth-order valence-corrected chi connectivity index (χ4v) is 4.56. The van der Waals surface area contributed by atoms with Crippen LogP contribution < -0.4 is 0 Å². The minimum absolute atomic E-state index is 0.216. The highest BCUT2D eigenvalue weighted by Gasteiger charge is 2.32. The van der Waals surface area contributed by atoms with Crippen LogP contribution in [0.1, 0.15) is 43.2 Å². The van der Waals surface area contributed by atoms with Gasteiger partial charge in [0.05, 0.1) is 5.92 Å². The summed E-state index contributed by atoms with van der Waals surface area (Å²) < 4.78 is 7.57. The normalized spacial score (nSPS) is 14.7. The van der Waals surface area contributed by atoms with E-state index in [2.05, 4.69) is 66.9 Å². The molecule has 0 atom stereocenters. The van der Waals surface area contributed by atoms with Crippen molar-refractivity contribution < 1.29 is 14.4 Å².